The Kier molecular flexibility index (Phi) is 5.00. The Morgan fingerprint density at radius 2 is 2.04 bits per heavy atom. The smallest absolute Gasteiger partial charge is 0.320 e. The first-order chi connectivity index (χ1) is 12.7. The van der Waals surface area contributed by atoms with Crippen LogP contribution in [-0.2, 0) is 0 Å². The third-order valence-corrected chi connectivity index (χ3v) is 4.46. The zero-order valence-electron chi connectivity index (χ0n) is 15.4. The molecule has 142 valence electrons. The normalized spacial score (nSPS) is 16.2. The fraction of sp³-hybridized carbons (Fsp3) is 0.316. The summed E-state index contributed by atoms with van der Waals surface area (Å²) in [4.78, 5) is 18.1. The first kappa shape index (κ1) is 18.7. The van der Waals surface area contributed by atoms with E-state index in [1.165, 1.54) is 12.3 Å². The maximum atomic E-state index is 12.2. The van der Waals surface area contributed by atoms with Gasteiger partial charge in [-0.05, 0) is 19.4 Å². The van der Waals surface area contributed by atoms with Crippen LogP contribution in [0.5, 0.6) is 0 Å². The number of carbonyl (C=O) groups excluding carboxylic acids is 1. The fourth-order valence-electron chi connectivity index (χ4n) is 3.02. The van der Waals surface area contributed by atoms with Crippen LogP contribution in [0.4, 0.5) is 16.3 Å². The molecule has 1 aromatic heterocycles. The zero-order valence-corrected chi connectivity index (χ0v) is 15.4. The third-order valence-electron chi connectivity index (χ3n) is 4.46. The number of urea groups is 1. The van der Waals surface area contributed by atoms with E-state index in [0.717, 1.165) is 5.56 Å². The molecule has 3 rings (SSSR count). The van der Waals surface area contributed by atoms with Crippen LogP contribution >= 0.6 is 0 Å². The number of hydrogen-bond acceptors (Lipinski definition) is 5. The lowest BCUT2D eigenvalue weighted by Crippen LogP contribution is -2.61. The average Bonchev–Trinajstić information content (AvgIpc) is 2.59. The van der Waals surface area contributed by atoms with Gasteiger partial charge in [0.15, 0.2) is 0 Å². The third kappa shape index (κ3) is 4.35. The number of rotatable bonds is 4. The van der Waals surface area contributed by atoms with E-state index >= 15 is 0 Å². The van der Waals surface area contributed by atoms with Gasteiger partial charge >= 0.3 is 6.03 Å². The first-order valence-corrected chi connectivity index (χ1v) is 8.69. The number of pyridine rings is 1. The molecule has 1 aromatic carbocycles. The molecule has 2 amide bonds. The summed E-state index contributed by atoms with van der Waals surface area (Å²) in [5, 5.41) is 23.5. The maximum Gasteiger partial charge on any atom is 0.320 e. The summed E-state index contributed by atoms with van der Waals surface area (Å²) in [5.41, 5.74) is 7.06. The lowest BCUT2D eigenvalue weighted by molar-refractivity contribution is -0.0497. The Balaban J connectivity index is 1.60. The van der Waals surface area contributed by atoms with Crippen molar-refractivity contribution in [2.24, 2.45) is 0 Å². The lowest BCUT2D eigenvalue weighted by Gasteiger charge is -2.45. The van der Waals surface area contributed by atoms with Crippen LogP contribution < -0.4 is 16.4 Å². The van der Waals surface area contributed by atoms with Crippen molar-refractivity contribution in [1.82, 2.24) is 15.2 Å². The van der Waals surface area contributed by atoms with Gasteiger partial charge in [0.2, 0.25) is 0 Å². The van der Waals surface area contributed by atoms with Gasteiger partial charge in [0.1, 0.15) is 11.7 Å². The predicted octanol–water partition coefficient (Wildman–Crippen LogP) is 1.94. The van der Waals surface area contributed by atoms with Gasteiger partial charge in [-0.1, -0.05) is 30.3 Å². The van der Waals surface area contributed by atoms with Crippen molar-refractivity contribution in [3.8, 4) is 0 Å². The summed E-state index contributed by atoms with van der Waals surface area (Å²) in [7, 11) is 0. The van der Waals surface area contributed by atoms with Crippen LogP contribution in [0.25, 0.3) is 0 Å². The summed E-state index contributed by atoms with van der Waals surface area (Å²) in [5.74, 6) is 0.512. The monoisotopic (exact) mass is 368 g/mol. The van der Waals surface area contributed by atoms with E-state index in [1.54, 1.807) is 11.8 Å². The standard InChI is InChI=1S/C19H24N6O2/c1-12(13-6-4-3-5-7-13)23-18(26)24-16-8-15(20)14(9-22-16)17(21)25-10-19(2,27)11-25/h3-9,12,21,27H,10-11H2,1-2H3,(H4,20,22,23,24,26)/t12-/m1/s1. The first-order valence-electron chi connectivity index (χ1n) is 8.69. The molecular weight excluding hydrogens is 344 g/mol. The predicted molar refractivity (Wildman–Crippen MR) is 105 cm³/mol. The topological polar surface area (TPSA) is 127 Å². The maximum absolute atomic E-state index is 12.2. The molecule has 1 aliphatic rings. The van der Waals surface area contributed by atoms with Crippen molar-refractivity contribution in [2.75, 3.05) is 24.1 Å². The SMILES string of the molecule is C[C@@H](NC(=O)Nc1cc(N)c(C(=N)N2CC(C)(O)C2)cn1)c1ccccc1. The number of anilines is 2. The van der Waals surface area contributed by atoms with Gasteiger partial charge in [0, 0.05) is 31.0 Å². The molecule has 2 aromatic rings. The number of carbonyl (C=O) groups is 1. The van der Waals surface area contributed by atoms with Gasteiger partial charge in [0.05, 0.1) is 17.2 Å². The Morgan fingerprint density at radius 3 is 2.63 bits per heavy atom. The number of nitrogen functional groups attached to an aromatic ring is 1. The van der Waals surface area contributed by atoms with Crippen LogP contribution in [0.15, 0.2) is 42.6 Å². The number of aromatic nitrogens is 1. The number of nitrogens with one attached hydrogen (secondary N) is 3. The summed E-state index contributed by atoms with van der Waals surface area (Å²) < 4.78 is 0. The van der Waals surface area contributed by atoms with Crippen molar-refractivity contribution < 1.29 is 9.90 Å². The van der Waals surface area contributed by atoms with Gasteiger partial charge in [-0.15, -0.1) is 0 Å². The number of amides is 2. The summed E-state index contributed by atoms with van der Waals surface area (Å²) >= 11 is 0. The average molecular weight is 368 g/mol. The Labute approximate surface area is 157 Å². The minimum atomic E-state index is -0.774. The van der Waals surface area contributed by atoms with Crippen molar-refractivity contribution in [1.29, 1.82) is 5.41 Å². The molecule has 0 radical (unpaired) electrons. The Hall–Kier alpha value is -3.13. The molecule has 8 nitrogen and oxygen atoms in total. The van der Waals surface area contributed by atoms with E-state index in [9.17, 15) is 9.90 Å². The van der Waals surface area contributed by atoms with Crippen LogP contribution in [0.3, 0.4) is 0 Å². The number of aliphatic hydroxyl groups is 1. The van der Waals surface area contributed by atoms with E-state index in [-0.39, 0.29) is 17.9 Å². The number of nitrogens with zero attached hydrogens (tertiary/aromatic N) is 2. The number of amidine groups is 1. The fourth-order valence-corrected chi connectivity index (χ4v) is 3.02. The molecule has 8 heteroatoms. The molecule has 0 unspecified atom stereocenters. The molecule has 1 aliphatic heterocycles. The van der Waals surface area contributed by atoms with Gasteiger partial charge in [0.25, 0.3) is 0 Å². The number of β-amino-alcohol motifs (C(OH)–C–C–N with tert-alkyl or cyclic N) is 1. The molecular formula is C19H24N6O2. The van der Waals surface area contributed by atoms with Gasteiger partial charge in [-0.2, -0.15) is 0 Å². The Morgan fingerprint density at radius 1 is 1.37 bits per heavy atom. The van der Waals surface area contributed by atoms with Crippen molar-refractivity contribution in [2.45, 2.75) is 25.5 Å². The number of likely N-dealkylation sites (tertiary alicyclic amines) is 1. The van der Waals surface area contributed by atoms with E-state index in [1.807, 2.05) is 37.3 Å². The van der Waals surface area contributed by atoms with Gasteiger partial charge < -0.3 is 21.1 Å². The van der Waals surface area contributed by atoms with Gasteiger partial charge in [-0.3, -0.25) is 10.7 Å². The number of benzene rings is 1. The number of hydrogen-bond donors (Lipinski definition) is 5. The highest BCUT2D eigenvalue weighted by molar-refractivity contribution is 6.02. The van der Waals surface area contributed by atoms with E-state index in [4.69, 9.17) is 11.1 Å². The molecule has 0 bridgehead atoms. The second-order valence-electron chi connectivity index (χ2n) is 7.09. The molecule has 27 heavy (non-hydrogen) atoms. The van der Waals surface area contributed by atoms with Crippen LogP contribution in [0.1, 0.15) is 31.0 Å². The van der Waals surface area contributed by atoms with E-state index in [2.05, 4.69) is 15.6 Å². The van der Waals surface area contributed by atoms with Crippen molar-refractivity contribution in [3.05, 3.63) is 53.7 Å². The molecule has 0 spiro atoms. The second-order valence-corrected chi connectivity index (χ2v) is 7.09. The van der Waals surface area contributed by atoms with Crippen LogP contribution in [-0.4, -0.2) is 45.5 Å². The van der Waals surface area contributed by atoms with Crippen molar-refractivity contribution >= 4 is 23.4 Å². The minimum Gasteiger partial charge on any atom is -0.398 e. The molecule has 2 heterocycles. The molecule has 1 atom stereocenters. The molecule has 1 fully saturated rings. The highest BCUT2D eigenvalue weighted by Crippen LogP contribution is 2.25. The number of nitrogens with two attached hydrogens (primary N) is 1. The van der Waals surface area contributed by atoms with Gasteiger partial charge in [-0.25, -0.2) is 9.78 Å². The quantitative estimate of drug-likeness (QED) is 0.416. The Bertz CT molecular complexity index is 845. The highest BCUT2D eigenvalue weighted by atomic mass is 16.3. The van der Waals surface area contributed by atoms with Crippen LogP contribution in [0.2, 0.25) is 0 Å². The van der Waals surface area contributed by atoms with E-state index < -0.39 is 5.60 Å². The lowest BCUT2D eigenvalue weighted by atomic mass is 9.95. The molecule has 0 aliphatic carbocycles. The largest absolute Gasteiger partial charge is 0.398 e. The zero-order chi connectivity index (χ0) is 19.6. The highest BCUT2D eigenvalue weighted by Gasteiger charge is 2.38. The summed E-state index contributed by atoms with van der Waals surface area (Å²) in [6, 6.07) is 10.6. The van der Waals surface area contributed by atoms with Crippen LogP contribution in [0, 0.1) is 5.41 Å². The van der Waals surface area contributed by atoms with E-state index in [0.29, 0.717) is 30.2 Å². The molecule has 1 saturated heterocycles. The second kappa shape index (κ2) is 7.24. The molecule has 6 N–H and O–H groups in total. The minimum absolute atomic E-state index is 0.157. The summed E-state index contributed by atoms with van der Waals surface area (Å²) in [6.07, 6.45) is 1.46. The molecule has 0 saturated carbocycles. The van der Waals surface area contributed by atoms with Crippen molar-refractivity contribution in [3.63, 3.8) is 0 Å². The summed E-state index contributed by atoms with van der Waals surface area (Å²) in [6.45, 7) is 4.37.